The van der Waals surface area contributed by atoms with E-state index in [2.05, 4.69) is 11.8 Å². The molecule has 0 N–H and O–H groups in total. The van der Waals surface area contributed by atoms with Crippen LogP contribution in [0.4, 0.5) is 0 Å². The van der Waals surface area contributed by atoms with Crippen molar-refractivity contribution >= 4 is 6.29 Å². The first-order chi connectivity index (χ1) is 8.85. The lowest BCUT2D eigenvalue weighted by molar-refractivity contribution is -0.108. The van der Waals surface area contributed by atoms with Crippen molar-refractivity contribution in [3.05, 3.63) is 0 Å². The molecule has 0 atom stereocenters. The highest BCUT2D eigenvalue weighted by Gasteiger charge is 2.08. The molecule has 1 aliphatic rings. The van der Waals surface area contributed by atoms with Crippen LogP contribution in [0.25, 0.3) is 0 Å². The summed E-state index contributed by atoms with van der Waals surface area (Å²) < 4.78 is 9.89. The zero-order valence-electron chi connectivity index (χ0n) is 12.6. The fraction of sp³-hybridized carbons (Fsp3) is 0.929. The third kappa shape index (κ3) is 15.6. The van der Waals surface area contributed by atoms with E-state index in [1.54, 1.807) is 7.11 Å². The van der Waals surface area contributed by atoms with E-state index in [-0.39, 0.29) is 0 Å². The Morgan fingerprint density at radius 3 is 2.28 bits per heavy atom. The smallest absolute Gasteiger partial charge is 0.120 e. The van der Waals surface area contributed by atoms with Gasteiger partial charge in [-0.2, -0.15) is 0 Å². The standard InChI is InChI=1S/C8H15NO2.C4H10O.C2H6/c10-6-2-1-3-9-4-7-11-8-5-9;1-3-4-5-2;1-2/h6H,1-5,7-8H2;3-4H2,1-2H3;1-2H3. The fourth-order valence-corrected chi connectivity index (χ4v) is 1.43. The van der Waals surface area contributed by atoms with Gasteiger partial charge in [0.2, 0.25) is 0 Å². The van der Waals surface area contributed by atoms with Crippen molar-refractivity contribution < 1.29 is 14.3 Å². The molecule has 0 aromatic heterocycles. The minimum absolute atomic E-state index is 0.692. The Balaban J connectivity index is 0. The first-order valence-electron chi connectivity index (χ1n) is 7.07. The number of carbonyl (C=O) groups excluding carboxylic acids is 1. The summed E-state index contributed by atoms with van der Waals surface area (Å²) in [6, 6.07) is 0. The largest absolute Gasteiger partial charge is 0.385 e. The van der Waals surface area contributed by atoms with Crippen LogP contribution in [-0.2, 0) is 14.3 Å². The monoisotopic (exact) mass is 261 g/mol. The van der Waals surface area contributed by atoms with E-state index >= 15 is 0 Å². The lowest BCUT2D eigenvalue weighted by Gasteiger charge is -2.26. The molecule has 0 aromatic carbocycles. The van der Waals surface area contributed by atoms with Gasteiger partial charge >= 0.3 is 0 Å². The van der Waals surface area contributed by atoms with Crippen LogP contribution >= 0.6 is 0 Å². The second kappa shape index (κ2) is 18.9. The molecule has 0 radical (unpaired) electrons. The Labute approximate surface area is 113 Å². The lowest BCUT2D eigenvalue weighted by atomic mass is 10.3. The Morgan fingerprint density at radius 1 is 1.28 bits per heavy atom. The van der Waals surface area contributed by atoms with Gasteiger partial charge in [0.25, 0.3) is 0 Å². The number of carbonyl (C=O) groups is 1. The van der Waals surface area contributed by atoms with Crippen LogP contribution in [-0.4, -0.2) is 57.8 Å². The number of aldehydes is 1. The van der Waals surface area contributed by atoms with Crippen LogP contribution in [0.1, 0.15) is 40.0 Å². The fourth-order valence-electron chi connectivity index (χ4n) is 1.43. The highest BCUT2D eigenvalue weighted by atomic mass is 16.5. The summed E-state index contributed by atoms with van der Waals surface area (Å²) in [4.78, 5) is 12.3. The molecule has 4 nitrogen and oxygen atoms in total. The molecule has 0 amide bonds. The first kappa shape index (κ1) is 19.9. The summed E-state index contributed by atoms with van der Waals surface area (Å²) >= 11 is 0. The van der Waals surface area contributed by atoms with Crippen LogP contribution in [0.2, 0.25) is 0 Å². The first-order valence-corrected chi connectivity index (χ1v) is 7.07. The van der Waals surface area contributed by atoms with E-state index < -0.39 is 0 Å². The van der Waals surface area contributed by atoms with Crippen molar-refractivity contribution in [1.29, 1.82) is 0 Å². The number of rotatable bonds is 6. The molecule has 0 unspecified atom stereocenters. The van der Waals surface area contributed by atoms with E-state index in [0.717, 1.165) is 58.6 Å². The van der Waals surface area contributed by atoms with Gasteiger partial charge in [-0.05, 0) is 19.4 Å². The Kier molecular flexibility index (Phi) is 20.9. The van der Waals surface area contributed by atoms with Crippen molar-refractivity contribution in [3.8, 4) is 0 Å². The maximum absolute atomic E-state index is 10.0. The molecule has 4 heteroatoms. The molecule has 1 heterocycles. The molecule has 1 rings (SSSR count). The highest BCUT2D eigenvalue weighted by Crippen LogP contribution is 1.98. The summed E-state index contributed by atoms with van der Waals surface area (Å²) in [5, 5.41) is 0. The Hall–Kier alpha value is -0.450. The summed E-state index contributed by atoms with van der Waals surface area (Å²) in [6.07, 6.45) is 3.79. The van der Waals surface area contributed by atoms with Gasteiger partial charge < -0.3 is 14.3 Å². The summed E-state index contributed by atoms with van der Waals surface area (Å²) in [6.45, 7) is 11.8. The van der Waals surface area contributed by atoms with Gasteiger partial charge in [-0.25, -0.2) is 0 Å². The quantitative estimate of drug-likeness (QED) is 0.543. The van der Waals surface area contributed by atoms with Crippen molar-refractivity contribution in [3.63, 3.8) is 0 Å². The molecule has 110 valence electrons. The molecule has 1 fully saturated rings. The van der Waals surface area contributed by atoms with Crippen molar-refractivity contribution in [2.24, 2.45) is 0 Å². The molecule has 1 saturated heterocycles. The van der Waals surface area contributed by atoms with Crippen LogP contribution in [0.5, 0.6) is 0 Å². The van der Waals surface area contributed by atoms with Gasteiger partial charge in [0, 0.05) is 33.2 Å². The average Bonchev–Trinajstić information content (AvgIpc) is 2.44. The number of morpholine rings is 1. The summed E-state index contributed by atoms with van der Waals surface area (Å²) in [5.41, 5.74) is 0. The van der Waals surface area contributed by atoms with Crippen molar-refractivity contribution in [2.45, 2.75) is 40.0 Å². The van der Waals surface area contributed by atoms with Crippen molar-refractivity contribution in [1.82, 2.24) is 4.90 Å². The third-order valence-corrected chi connectivity index (χ3v) is 2.31. The minimum Gasteiger partial charge on any atom is -0.385 e. The van der Waals surface area contributed by atoms with Crippen molar-refractivity contribution in [2.75, 3.05) is 46.6 Å². The Bertz CT molecular complexity index is 146. The number of unbranched alkanes of at least 4 members (excludes halogenated alkanes) is 1. The lowest BCUT2D eigenvalue weighted by Crippen LogP contribution is -2.36. The topological polar surface area (TPSA) is 38.8 Å². The number of nitrogens with zero attached hydrogens (tertiary/aromatic N) is 1. The van der Waals surface area contributed by atoms with Crippen LogP contribution in [0.3, 0.4) is 0 Å². The van der Waals surface area contributed by atoms with Gasteiger partial charge in [-0.1, -0.05) is 20.8 Å². The SMILES string of the molecule is CC.CCCOC.O=CCCCN1CCOCC1. The molecule has 0 aliphatic carbocycles. The molecule has 1 aliphatic heterocycles. The predicted molar refractivity (Wildman–Crippen MR) is 76.1 cm³/mol. The molecule has 0 bridgehead atoms. The molecular formula is C14H31NO3. The van der Waals surface area contributed by atoms with E-state index in [0.29, 0.717) is 6.42 Å². The van der Waals surface area contributed by atoms with Gasteiger partial charge in [-0.3, -0.25) is 4.90 Å². The maximum Gasteiger partial charge on any atom is 0.120 e. The van der Waals surface area contributed by atoms with E-state index in [9.17, 15) is 4.79 Å². The van der Waals surface area contributed by atoms with Gasteiger partial charge in [0.05, 0.1) is 13.2 Å². The minimum atomic E-state index is 0.692. The maximum atomic E-state index is 10.0. The van der Waals surface area contributed by atoms with Gasteiger partial charge in [0.1, 0.15) is 6.29 Å². The van der Waals surface area contributed by atoms with Gasteiger partial charge in [0.15, 0.2) is 0 Å². The molecule has 18 heavy (non-hydrogen) atoms. The van der Waals surface area contributed by atoms with E-state index in [1.807, 2.05) is 13.8 Å². The number of hydrogen-bond donors (Lipinski definition) is 0. The second-order valence-electron chi connectivity index (χ2n) is 3.76. The highest BCUT2D eigenvalue weighted by molar-refractivity contribution is 5.48. The predicted octanol–water partition coefficient (Wildman–Crippen LogP) is 2.37. The summed E-state index contributed by atoms with van der Waals surface area (Å²) in [5.74, 6) is 0. The Morgan fingerprint density at radius 2 is 1.89 bits per heavy atom. The number of ether oxygens (including phenoxy) is 2. The average molecular weight is 261 g/mol. The number of hydrogen-bond acceptors (Lipinski definition) is 4. The van der Waals surface area contributed by atoms with Crippen LogP contribution < -0.4 is 0 Å². The normalized spacial score (nSPS) is 14.9. The van der Waals surface area contributed by atoms with Crippen LogP contribution in [0, 0.1) is 0 Å². The zero-order valence-corrected chi connectivity index (χ0v) is 12.6. The van der Waals surface area contributed by atoms with Crippen LogP contribution in [0.15, 0.2) is 0 Å². The molecule has 0 spiro atoms. The number of methoxy groups -OCH3 is 1. The molecular weight excluding hydrogens is 230 g/mol. The van der Waals surface area contributed by atoms with Gasteiger partial charge in [-0.15, -0.1) is 0 Å². The van der Waals surface area contributed by atoms with E-state index in [1.165, 1.54) is 0 Å². The molecule has 0 aromatic rings. The zero-order chi connectivity index (χ0) is 14.1. The van der Waals surface area contributed by atoms with E-state index in [4.69, 9.17) is 9.47 Å². The summed E-state index contributed by atoms with van der Waals surface area (Å²) in [7, 11) is 1.71. The second-order valence-corrected chi connectivity index (χ2v) is 3.76. The molecule has 0 saturated carbocycles. The third-order valence-electron chi connectivity index (χ3n) is 2.31.